The highest BCUT2D eigenvalue weighted by molar-refractivity contribution is 5.15. The molecule has 2 atom stereocenters. The van der Waals surface area contributed by atoms with Crippen LogP contribution in [0.1, 0.15) is 18.4 Å². The SMILES string of the molecule is O=[N+]([O-])C1CN(Cc2ccccc2)CC1C1CC1. The Hall–Kier alpha value is -1.42. The monoisotopic (exact) mass is 246 g/mol. The van der Waals surface area contributed by atoms with Crippen LogP contribution < -0.4 is 0 Å². The van der Waals surface area contributed by atoms with Crippen LogP contribution in [0.5, 0.6) is 0 Å². The predicted octanol–water partition coefficient (Wildman–Crippen LogP) is 2.17. The van der Waals surface area contributed by atoms with E-state index in [1.165, 1.54) is 18.4 Å². The molecule has 1 aromatic carbocycles. The normalized spacial score (nSPS) is 28.4. The maximum Gasteiger partial charge on any atom is 0.229 e. The standard InChI is InChI=1S/C14H18N2O2/c17-16(18)14-10-15(9-13(14)12-6-7-12)8-11-4-2-1-3-5-11/h1-5,12-14H,6-10H2. The van der Waals surface area contributed by atoms with Crippen molar-refractivity contribution in [3.05, 3.63) is 46.0 Å². The zero-order valence-electron chi connectivity index (χ0n) is 10.4. The molecule has 2 aliphatic rings. The summed E-state index contributed by atoms with van der Waals surface area (Å²) in [5, 5.41) is 11.1. The molecule has 2 unspecified atom stereocenters. The van der Waals surface area contributed by atoms with Crippen LogP contribution in [0.4, 0.5) is 0 Å². The third-order valence-corrected chi connectivity index (χ3v) is 4.16. The minimum Gasteiger partial charge on any atom is -0.292 e. The number of likely N-dealkylation sites (tertiary alicyclic amines) is 1. The molecule has 0 N–H and O–H groups in total. The van der Waals surface area contributed by atoms with Gasteiger partial charge < -0.3 is 0 Å². The number of benzene rings is 1. The Labute approximate surface area is 107 Å². The lowest BCUT2D eigenvalue weighted by Crippen LogP contribution is -2.29. The summed E-state index contributed by atoms with van der Waals surface area (Å²) in [6.45, 7) is 2.35. The molecule has 2 fully saturated rings. The van der Waals surface area contributed by atoms with E-state index in [-0.39, 0.29) is 16.9 Å². The van der Waals surface area contributed by atoms with Crippen molar-refractivity contribution in [2.45, 2.75) is 25.4 Å². The van der Waals surface area contributed by atoms with Gasteiger partial charge in [-0.05, 0) is 24.3 Å². The lowest BCUT2D eigenvalue weighted by molar-refractivity contribution is -0.526. The van der Waals surface area contributed by atoms with Gasteiger partial charge in [-0.2, -0.15) is 0 Å². The van der Waals surface area contributed by atoms with E-state index in [0.717, 1.165) is 13.1 Å². The maximum absolute atomic E-state index is 11.1. The summed E-state index contributed by atoms with van der Waals surface area (Å²) in [5.74, 6) is 0.893. The molecule has 1 heterocycles. The Bertz CT molecular complexity index is 431. The van der Waals surface area contributed by atoms with Gasteiger partial charge in [0, 0.05) is 23.9 Å². The fourth-order valence-corrected chi connectivity index (χ4v) is 3.08. The van der Waals surface area contributed by atoms with E-state index in [2.05, 4.69) is 17.0 Å². The van der Waals surface area contributed by atoms with E-state index >= 15 is 0 Å². The summed E-state index contributed by atoms with van der Waals surface area (Å²) in [4.78, 5) is 13.3. The van der Waals surface area contributed by atoms with Crippen LogP contribution in [0, 0.1) is 22.0 Å². The summed E-state index contributed by atoms with van der Waals surface area (Å²) in [6.07, 6.45) is 2.38. The van der Waals surface area contributed by atoms with Gasteiger partial charge in [0.1, 0.15) is 0 Å². The smallest absolute Gasteiger partial charge is 0.229 e. The zero-order valence-corrected chi connectivity index (χ0v) is 10.4. The molecule has 0 aromatic heterocycles. The van der Waals surface area contributed by atoms with Crippen LogP contribution in [0.3, 0.4) is 0 Å². The maximum atomic E-state index is 11.1. The van der Waals surface area contributed by atoms with E-state index < -0.39 is 0 Å². The van der Waals surface area contributed by atoms with E-state index in [9.17, 15) is 10.1 Å². The fourth-order valence-electron chi connectivity index (χ4n) is 3.08. The van der Waals surface area contributed by atoms with Crippen molar-refractivity contribution in [1.29, 1.82) is 0 Å². The van der Waals surface area contributed by atoms with Crippen molar-refractivity contribution in [2.24, 2.45) is 11.8 Å². The van der Waals surface area contributed by atoms with Gasteiger partial charge in [-0.1, -0.05) is 30.3 Å². The Morgan fingerprint density at radius 3 is 2.56 bits per heavy atom. The van der Waals surface area contributed by atoms with Crippen LogP contribution in [0.15, 0.2) is 30.3 Å². The van der Waals surface area contributed by atoms with Crippen molar-refractivity contribution in [2.75, 3.05) is 13.1 Å². The highest BCUT2D eigenvalue weighted by atomic mass is 16.6. The van der Waals surface area contributed by atoms with Crippen molar-refractivity contribution in [3.8, 4) is 0 Å². The van der Waals surface area contributed by atoms with Gasteiger partial charge in [0.25, 0.3) is 0 Å². The van der Waals surface area contributed by atoms with E-state index in [0.29, 0.717) is 12.5 Å². The average molecular weight is 246 g/mol. The summed E-state index contributed by atoms with van der Waals surface area (Å²) < 4.78 is 0. The van der Waals surface area contributed by atoms with Gasteiger partial charge in [-0.3, -0.25) is 15.0 Å². The van der Waals surface area contributed by atoms with Crippen LogP contribution in [-0.2, 0) is 6.54 Å². The van der Waals surface area contributed by atoms with Gasteiger partial charge in [-0.15, -0.1) is 0 Å². The first-order chi connectivity index (χ1) is 8.74. The molecule has 1 saturated carbocycles. The third kappa shape index (κ3) is 2.38. The molecule has 0 amide bonds. The van der Waals surface area contributed by atoms with Crippen LogP contribution >= 0.6 is 0 Å². The Morgan fingerprint density at radius 2 is 1.94 bits per heavy atom. The van der Waals surface area contributed by atoms with Crippen molar-refractivity contribution in [3.63, 3.8) is 0 Å². The Balaban J connectivity index is 1.66. The number of rotatable bonds is 4. The molecule has 96 valence electrons. The van der Waals surface area contributed by atoms with E-state index in [4.69, 9.17) is 0 Å². The summed E-state index contributed by atoms with van der Waals surface area (Å²) in [6, 6.07) is 9.88. The molecule has 1 aliphatic carbocycles. The molecule has 4 heteroatoms. The minimum absolute atomic E-state index is 0.0615. The summed E-state index contributed by atoms with van der Waals surface area (Å²) in [7, 11) is 0. The lowest BCUT2D eigenvalue weighted by Gasteiger charge is -2.14. The lowest BCUT2D eigenvalue weighted by atomic mass is 9.99. The van der Waals surface area contributed by atoms with Gasteiger partial charge >= 0.3 is 0 Å². The quantitative estimate of drug-likeness (QED) is 0.604. The minimum atomic E-state index is -0.346. The number of hydrogen-bond donors (Lipinski definition) is 0. The first-order valence-corrected chi connectivity index (χ1v) is 6.64. The number of nitro groups is 1. The first kappa shape index (κ1) is 11.7. The Kier molecular flexibility index (Phi) is 3.04. The molecule has 4 nitrogen and oxygen atoms in total. The molecular weight excluding hydrogens is 228 g/mol. The average Bonchev–Trinajstić information content (AvgIpc) is 3.12. The molecular formula is C14H18N2O2. The summed E-state index contributed by atoms with van der Waals surface area (Å²) in [5.41, 5.74) is 1.25. The molecule has 3 rings (SSSR count). The first-order valence-electron chi connectivity index (χ1n) is 6.64. The zero-order chi connectivity index (χ0) is 12.5. The predicted molar refractivity (Wildman–Crippen MR) is 68.7 cm³/mol. The summed E-state index contributed by atoms with van der Waals surface area (Å²) >= 11 is 0. The molecule has 0 bridgehead atoms. The Morgan fingerprint density at radius 1 is 1.22 bits per heavy atom. The molecule has 0 radical (unpaired) electrons. The van der Waals surface area contributed by atoms with E-state index in [1.807, 2.05) is 18.2 Å². The fraction of sp³-hybridized carbons (Fsp3) is 0.571. The number of hydrogen-bond acceptors (Lipinski definition) is 3. The molecule has 18 heavy (non-hydrogen) atoms. The second kappa shape index (κ2) is 4.69. The molecule has 1 aromatic rings. The highest BCUT2D eigenvalue weighted by Crippen LogP contribution is 2.42. The number of nitrogens with zero attached hydrogens (tertiary/aromatic N) is 2. The van der Waals surface area contributed by atoms with Crippen molar-refractivity contribution in [1.82, 2.24) is 4.90 Å². The topological polar surface area (TPSA) is 46.4 Å². The molecule has 0 spiro atoms. The van der Waals surface area contributed by atoms with Crippen LogP contribution in [0.2, 0.25) is 0 Å². The van der Waals surface area contributed by atoms with Crippen molar-refractivity contribution < 1.29 is 4.92 Å². The molecule has 1 aliphatic heterocycles. The van der Waals surface area contributed by atoms with Gasteiger partial charge in [0.15, 0.2) is 0 Å². The van der Waals surface area contributed by atoms with Gasteiger partial charge in [-0.25, -0.2) is 0 Å². The van der Waals surface area contributed by atoms with Gasteiger partial charge in [0.05, 0.1) is 6.54 Å². The second-order valence-corrected chi connectivity index (χ2v) is 5.53. The largest absolute Gasteiger partial charge is 0.292 e. The molecule has 1 saturated heterocycles. The third-order valence-electron chi connectivity index (χ3n) is 4.16. The van der Waals surface area contributed by atoms with Crippen LogP contribution in [0.25, 0.3) is 0 Å². The van der Waals surface area contributed by atoms with Gasteiger partial charge in [0.2, 0.25) is 6.04 Å². The van der Waals surface area contributed by atoms with Crippen LogP contribution in [-0.4, -0.2) is 29.0 Å². The second-order valence-electron chi connectivity index (χ2n) is 5.53. The van der Waals surface area contributed by atoms with Crippen molar-refractivity contribution >= 4 is 0 Å². The highest BCUT2D eigenvalue weighted by Gasteiger charge is 2.48. The van der Waals surface area contributed by atoms with E-state index in [1.54, 1.807) is 0 Å².